The topological polar surface area (TPSA) is 49.4 Å². The maximum Gasteiger partial charge on any atom is 0.256 e. The zero-order chi connectivity index (χ0) is 16.6. The maximum absolute atomic E-state index is 13.3. The van der Waals surface area contributed by atoms with Gasteiger partial charge in [0.2, 0.25) is 5.91 Å². The number of aryl methyl sites for hydroxylation is 2. The molecule has 0 unspecified atom stereocenters. The average molecular weight is 312 g/mol. The summed E-state index contributed by atoms with van der Waals surface area (Å²) < 4.78 is 13.3. The third kappa shape index (κ3) is 2.95. The van der Waals surface area contributed by atoms with Gasteiger partial charge < -0.3 is 5.32 Å². The van der Waals surface area contributed by atoms with Gasteiger partial charge in [-0.15, -0.1) is 0 Å². The Morgan fingerprint density at radius 1 is 1.13 bits per heavy atom. The van der Waals surface area contributed by atoms with E-state index >= 15 is 0 Å². The van der Waals surface area contributed by atoms with Gasteiger partial charge in [0.25, 0.3) is 5.91 Å². The predicted molar refractivity (Wildman–Crippen MR) is 86.8 cm³/mol. The van der Waals surface area contributed by atoms with E-state index in [0.29, 0.717) is 11.4 Å². The molecule has 118 valence electrons. The maximum atomic E-state index is 13.3. The Kier molecular flexibility index (Phi) is 3.86. The number of carbonyl (C=O) groups excluding carboxylic acids is 2. The number of halogens is 1. The number of anilines is 2. The van der Waals surface area contributed by atoms with Gasteiger partial charge >= 0.3 is 0 Å². The van der Waals surface area contributed by atoms with Gasteiger partial charge in [-0.2, -0.15) is 0 Å². The molecule has 0 saturated carbocycles. The van der Waals surface area contributed by atoms with Gasteiger partial charge in [0, 0.05) is 5.69 Å². The summed E-state index contributed by atoms with van der Waals surface area (Å²) in [6.45, 7) is 3.78. The van der Waals surface area contributed by atoms with Gasteiger partial charge in [-0.05, 0) is 49.2 Å². The fourth-order valence-electron chi connectivity index (χ4n) is 2.74. The second-order valence-corrected chi connectivity index (χ2v) is 5.77. The van der Waals surface area contributed by atoms with Crippen molar-refractivity contribution in [3.05, 3.63) is 59.4 Å². The molecule has 2 aromatic rings. The molecule has 0 spiro atoms. The Hall–Kier alpha value is -2.69. The molecule has 5 heteroatoms. The lowest BCUT2D eigenvalue weighted by Gasteiger charge is -2.18. The van der Waals surface area contributed by atoms with Crippen LogP contribution in [0.2, 0.25) is 0 Å². The fraction of sp³-hybridized carbons (Fsp3) is 0.222. The quantitative estimate of drug-likeness (QED) is 0.886. The fourth-order valence-corrected chi connectivity index (χ4v) is 2.74. The van der Waals surface area contributed by atoms with Crippen molar-refractivity contribution in [2.45, 2.75) is 26.3 Å². The van der Waals surface area contributed by atoms with E-state index in [-0.39, 0.29) is 18.2 Å². The van der Waals surface area contributed by atoms with Gasteiger partial charge in [0.05, 0.1) is 12.1 Å². The van der Waals surface area contributed by atoms with Crippen molar-refractivity contribution in [2.24, 2.45) is 0 Å². The highest BCUT2D eigenvalue weighted by molar-refractivity contribution is 6.23. The van der Waals surface area contributed by atoms with E-state index in [0.717, 1.165) is 11.1 Å². The first-order valence-electron chi connectivity index (χ1n) is 7.42. The molecule has 1 aliphatic rings. The standard InChI is InChI=1S/C18H17FN2O2/c1-11-6-7-12(2)16(8-11)21-17(22)10-15(18(21)23)20-14-5-3-4-13(19)9-14/h3-9,15,20H,10H2,1-2H3/t15-/m0/s1. The molecule has 3 rings (SSSR count). The zero-order valence-electron chi connectivity index (χ0n) is 13.0. The number of nitrogens with one attached hydrogen (secondary N) is 1. The van der Waals surface area contributed by atoms with E-state index in [4.69, 9.17) is 0 Å². The largest absolute Gasteiger partial charge is 0.373 e. The molecule has 1 atom stereocenters. The molecule has 1 N–H and O–H groups in total. The molecule has 23 heavy (non-hydrogen) atoms. The Labute approximate surface area is 133 Å². The second-order valence-electron chi connectivity index (χ2n) is 5.77. The van der Waals surface area contributed by atoms with Crippen LogP contribution in [-0.4, -0.2) is 17.9 Å². The number of hydrogen-bond acceptors (Lipinski definition) is 3. The number of amides is 2. The smallest absolute Gasteiger partial charge is 0.256 e. The summed E-state index contributed by atoms with van der Waals surface area (Å²) in [5.41, 5.74) is 2.94. The van der Waals surface area contributed by atoms with Gasteiger partial charge in [0.15, 0.2) is 0 Å². The number of carbonyl (C=O) groups is 2. The van der Waals surface area contributed by atoms with Crippen LogP contribution >= 0.6 is 0 Å². The Morgan fingerprint density at radius 3 is 2.65 bits per heavy atom. The minimum absolute atomic E-state index is 0.0583. The molecule has 1 fully saturated rings. The summed E-state index contributed by atoms with van der Waals surface area (Å²) in [5, 5.41) is 2.94. The van der Waals surface area contributed by atoms with Crippen molar-refractivity contribution < 1.29 is 14.0 Å². The summed E-state index contributed by atoms with van der Waals surface area (Å²) in [5.74, 6) is -0.955. The third-order valence-electron chi connectivity index (χ3n) is 3.92. The molecule has 2 amide bonds. The first-order chi connectivity index (χ1) is 11.0. The van der Waals surface area contributed by atoms with Crippen molar-refractivity contribution in [1.82, 2.24) is 0 Å². The third-order valence-corrected chi connectivity index (χ3v) is 3.92. The molecule has 1 aliphatic heterocycles. The number of rotatable bonds is 3. The number of benzene rings is 2. The number of nitrogens with zero attached hydrogens (tertiary/aromatic N) is 1. The Balaban J connectivity index is 1.87. The van der Waals surface area contributed by atoms with E-state index in [9.17, 15) is 14.0 Å². The van der Waals surface area contributed by atoms with Crippen molar-refractivity contribution in [2.75, 3.05) is 10.2 Å². The van der Waals surface area contributed by atoms with Gasteiger partial charge in [0.1, 0.15) is 11.9 Å². The molecule has 2 aromatic carbocycles. The van der Waals surface area contributed by atoms with Crippen molar-refractivity contribution in [3.8, 4) is 0 Å². The number of imide groups is 1. The van der Waals surface area contributed by atoms with Crippen LogP contribution < -0.4 is 10.2 Å². The minimum atomic E-state index is -0.677. The highest BCUT2D eigenvalue weighted by Gasteiger charge is 2.40. The molecule has 0 bridgehead atoms. The van der Waals surface area contributed by atoms with E-state index in [1.807, 2.05) is 32.0 Å². The van der Waals surface area contributed by atoms with Crippen LogP contribution in [0.5, 0.6) is 0 Å². The summed E-state index contributed by atoms with van der Waals surface area (Å²) >= 11 is 0. The van der Waals surface area contributed by atoms with Crippen LogP contribution in [0.4, 0.5) is 15.8 Å². The van der Waals surface area contributed by atoms with E-state index < -0.39 is 11.9 Å². The van der Waals surface area contributed by atoms with Crippen molar-refractivity contribution >= 4 is 23.2 Å². The number of hydrogen-bond donors (Lipinski definition) is 1. The molecule has 4 nitrogen and oxygen atoms in total. The highest BCUT2D eigenvalue weighted by atomic mass is 19.1. The van der Waals surface area contributed by atoms with Crippen LogP contribution in [0.3, 0.4) is 0 Å². The van der Waals surface area contributed by atoms with Crippen LogP contribution in [0, 0.1) is 19.7 Å². The lowest BCUT2D eigenvalue weighted by atomic mass is 10.1. The summed E-state index contributed by atoms with van der Waals surface area (Å²) in [6.07, 6.45) is 0.0583. The normalized spacial score (nSPS) is 17.7. The Morgan fingerprint density at radius 2 is 1.91 bits per heavy atom. The lowest BCUT2D eigenvalue weighted by molar-refractivity contribution is -0.121. The Bertz CT molecular complexity index is 788. The molecular weight excluding hydrogens is 295 g/mol. The predicted octanol–water partition coefficient (Wildman–Crippen LogP) is 3.19. The van der Waals surface area contributed by atoms with Gasteiger partial charge in [-0.25, -0.2) is 9.29 Å². The highest BCUT2D eigenvalue weighted by Crippen LogP contribution is 2.28. The molecule has 1 heterocycles. The summed E-state index contributed by atoms with van der Waals surface area (Å²) in [6, 6.07) is 10.8. The second kappa shape index (κ2) is 5.83. The van der Waals surface area contributed by atoms with E-state index in [1.54, 1.807) is 12.1 Å². The average Bonchev–Trinajstić information content (AvgIpc) is 2.76. The van der Waals surface area contributed by atoms with Crippen molar-refractivity contribution in [3.63, 3.8) is 0 Å². The lowest BCUT2D eigenvalue weighted by Crippen LogP contribution is -2.35. The molecule has 0 aliphatic carbocycles. The molecule has 0 aromatic heterocycles. The van der Waals surface area contributed by atoms with E-state index in [2.05, 4.69) is 5.32 Å². The molecule has 1 saturated heterocycles. The van der Waals surface area contributed by atoms with Gasteiger partial charge in [-0.1, -0.05) is 18.2 Å². The van der Waals surface area contributed by atoms with Crippen LogP contribution in [-0.2, 0) is 9.59 Å². The van der Waals surface area contributed by atoms with Gasteiger partial charge in [-0.3, -0.25) is 9.59 Å². The van der Waals surface area contributed by atoms with Crippen LogP contribution in [0.1, 0.15) is 17.5 Å². The monoisotopic (exact) mass is 312 g/mol. The van der Waals surface area contributed by atoms with E-state index in [1.165, 1.54) is 17.0 Å². The molecular formula is C18H17FN2O2. The van der Waals surface area contributed by atoms with Crippen LogP contribution in [0.15, 0.2) is 42.5 Å². The molecule has 0 radical (unpaired) electrons. The van der Waals surface area contributed by atoms with Crippen LogP contribution in [0.25, 0.3) is 0 Å². The first-order valence-corrected chi connectivity index (χ1v) is 7.42. The minimum Gasteiger partial charge on any atom is -0.373 e. The zero-order valence-corrected chi connectivity index (χ0v) is 13.0. The van der Waals surface area contributed by atoms with Crippen molar-refractivity contribution in [1.29, 1.82) is 0 Å². The summed E-state index contributed by atoms with van der Waals surface area (Å²) in [4.78, 5) is 26.1. The summed E-state index contributed by atoms with van der Waals surface area (Å²) in [7, 11) is 0. The first kappa shape index (κ1) is 15.2. The SMILES string of the molecule is Cc1ccc(C)c(N2C(=O)C[C@H](Nc3cccc(F)c3)C2=O)c1.